The molecule has 2 N–H and O–H groups in total. The van der Waals surface area contributed by atoms with Gasteiger partial charge >= 0.3 is 0 Å². The van der Waals surface area contributed by atoms with Gasteiger partial charge in [-0.25, -0.2) is 0 Å². The molecule has 3 unspecified atom stereocenters. The summed E-state index contributed by atoms with van der Waals surface area (Å²) >= 11 is 0. The second-order valence-corrected chi connectivity index (χ2v) is 5.49. The molecule has 0 heterocycles. The smallest absolute Gasteiger partial charge is 0.223 e. The summed E-state index contributed by atoms with van der Waals surface area (Å²) in [5, 5.41) is 12.5. The molecule has 1 fully saturated rings. The van der Waals surface area contributed by atoms with Crippen LogP contribution in [0.3, 0.4) is 0 Å². The molecule has 3 atom stereocenters. The van der Waals surface area contributed by atoms with Crippen molar-refractivity contribution in [1.82, 2.24) is 5.32 Å². The lowest BCUT2D eigenvalue weighted by molar-refractivity contribution is -0.122. The van der Waals surface area contributed by atoms with Crippen LogP contribution in [0.5, 0.6) is 0 Å². The van der Waals surface area contributed by atoms with Gasteiger partial charge in [-0.05, 0) is 36.8 Å². The number of benzene rings is 1. The van der Waals surface area contributed by atoms with Gasteiger partial charge in [-0.1, -0.05) is 37.6 Å². The summed E-state index contributed by atoms with van der Waals surface area (Å²) in [7, 11) is 0. The van der Waals surface area contributed by atoms with Crippen molar-refractivity contribution < 1.29 is 9.90 Å². The van der Waals surface area contributed by atoms with Crippen LogP contribution in [0, 0.1) is 12.8 Å². The van der Waals surface area contributed by atoms with Gasteiger partial charge < -0.3 is 10.4 Å². The van der Waals surface area contributed by atoms with Crippen LogP contribution in [0.4, 0.5) is 0 Å². The van der Waals surface area contributed by atoms with Crippen molar-refractivity contribution in [3.8, 4) is 0 Å². The fourth-order valence-electron chi connectivity index (χ4n) is 2.62. The van der Waals surface area contributed by atoms with Crippen molar-refractivity contribution in [3.05, 3.63) is 35.4 Å². The Morgan fingerprint density at radius 2 is 2.21 bits per heavy atom. The molecule has 0 aliphatic heterocycles. The topological polar surface area (TPSA) is 49.3 Å². The van der Waals surface area contributed by atoms with E-state index in [1.165, 1.54) is 11.1 Å². The fourth-order valence-corrected chi connectivity index (χ4v) is 2.62. The number of hydrogen-bond donors (Lipinski definition) is 2. The SMILES string of the molecule is CCCC(O)CNC(=O)C1CC1c1ccccc1C. The number of aliphatic hydroxyl groups is 1. The third-order valence-corrected chi connectivity index (χ3v) is 3.85. The Kier molecular flexibility index (Phi) is 4.59. The second-order valence-electron chi connectivity index (χ2n) is 5.49. The second kappa shape index (κ2) is 6.20. The lowest BCUT2D eigenvalue weighted by Crippen LogP contribution is -2.33. The van der Waals surface area contributed by atoms with Gasteiger partial charge in [-0.15, -0.1) is 0 Å². The van der Waals surface area contributed by atoms with E-state index in [1.54, 1.807) is 0 Å². The number of aryl methyl sites for hydroxylation is 1. The zero-order chi connectivity index (χ0) is 13.8. The number of nitrogens with one attached hydrogen (secondary N) is 1. The molecular formula is C16H23NO2. The Bertz CT molecular complexity index is 444. The molecule has 0 aromatic heterocycles. The van der Waals surface area contributed by atoms with E-state index < -0.39 is 6.10 Å². The van der Waals surface area contributed by atoms with Crippen LogP contribution < -0.4 is 5.32 Å². The van der Waals surface area contributed by atoms with E-state index in [1.807, 2.05) is 19.1 Å². The largest absolute Gasteiger partial charge is 0.391 e. The maximum Gasteiger partial charge on any atom is 0.223 e. The minimum Gasteiger partial charge on any atom is -0.391 e. The summed E-state index contributed by atoms with van der Waals surface area (Å²) in [5.41, 5.74) is 2.55. The van der Waals surface area contributed by atoms with Crippen LogP contribution >= 0.6 is 0 Å². The third kappa shape index (κ3) is 3.57. The van der Waals surface area contributed by atoms with E-state index in [4.69, 9.17) is 0 Å². The maximum absolute atomic E-state index is 12.0. The highest BCUT2D eigenvalue weighted by atomic mass is 16.3. The molecular weight excluding hydrogens is 238 g/mol. The molecule has 1 aliphatic carbocycles. The van der Waals surface area contributed by atoms with Crippen LogP contribution in [-0.4, -0.2) is 23.7 Å². The number of hydrogen-bond acceptors (Lipinski definition) is 2. The molecule has 3 nitrogen and oxygen atoms in total. The summed E-state index contributed by atoms with van der Waals surface area (Å²) in [5.74, 6) is 0.544. The van der Waals surface area contributed by atoms with Gasteiger partial charge in [-0.3, -0.25) is 4.79 Å². The van der Waals surface area contributed by atoms with Crippen molar-refractivity contribution in [3.63, 3.8) is 0 Å². The molecule has 19 heavy (non-hydrogen) atoms. The zero-order valence-electron chi connectivity index (χ0n) is 11.7. The zero-order valence-corrected chi connectivity index (χ0v) is 11.7. The number of aliphatic hydroxyl groups excluding tert-OH is 1. The number of carbonyl (C=O) groups is 1. The summed E-state index contributed by atoms with van der Waals surface area (Å²) < 4.78 is 0. The quantitative estimate of drug-likeness (QED) is 0.826. The standard InChI is InChI=1S/C16H23NO2/c1-3-6-12(18)10-17-16(19)15-9-14(15)13-8-5-4-7-11(13)2/h4-5,7-8,12,14-15,18H,3,6,9-10H2,1-2H3,(H,17,19). The summed E-state index contributed by atoms with van der Waals surface area (Å²) in [4.78, 5) is 12.0. The Hall–Kier alpha value is -1.35. The minimum absolute atomic E-state index is 0.0865. The lowest BCUT2D eigenvalue weighted by Gasteiger charge is -2.11. The summed E-state index contributed by atoms with van der Waals surface area (Å²) in [6, 6.07) is 8.25. The van der Waals surface area contributed by atoms with E-state index in [-0.39, 0.29) is 11.8 Å². The first kappa shape index (κ1) is 14.1. The number of carbonyl (C=O) groups excluding carboxylic acids is 1. The minimum atomic E-state index is -0.412. The predicted molar refractivity (Wildman–Crippen MR) is 76.0 cm³/mol. The number of rotatable bonds is 6. The molecule has 1 amide bonds. The Morgan fingerprint density at radius 3 is 2.89 bits per heavy atom. The maximum atomic E-state index is 12.0. The van der Waals surface area contributed by atoms with Crippen molar-refractivity contribution in [2.75, 3.05) is 6.54 Å². The summed E-state index contributed by atoms with van der Waals surface area (Å²) in [6.45, 7) is 4.50. The van der Waals surface area contributed by atoms with Crippen molar-refractivity contribution in [2.24, 2.45) is 5.92 Å². The highest BCUT2D eigenvalue weighted by Gasteiger charge is 2.44. The van der Waals surface area contributed by atoms with Gasteiger partial charge in [0, 0.05) is 12.5 Å². The molecule has 1 aliphatic rings. The molecule has 1 aromatic carbocycles. The molecule has 3 heteroatoms. The first-order valence-corrected chi connectivity index (χ1v) is 7.14. The van der Waals surface area contributed by atoms with Gasteiger partial charge in [0.1, 0.15) is 0 Å². The highest BCUT2D eigenvalue weighted by Crippen LogP contribution is 2.48. The Labute approximate surface area is 115 Å². The van der Waals surface area contributed by atoms with Gasteiger partial charge in [0.25, 0.3) is 0 Å². The molecule has 0 bridgehead atoms. The molecule has 1 saturated carbocycles. The fraction of sp³-hybridized carbons (Fsp3) is 0.562. The van der Waals surface area contributed by atoms with Crippen molar-refractivity contribution in [1.29, 1.82) is 0 Å². The average Bonchev–Trinajstić information content (AvgIpc) is 3.17. The van der Waals surface area contributed by atoms with Crippen molar-refractivity contribution >= 4 is 5.91 Å². The van der Waals surface area contributed by atoms with E-state index >= 15 is 0 Å². The van der Waals surface area contributed by atoms with Gasteiger partial charge in [0.15, 0.2) is 0 Å². The average molecular weight is 261 g/mol. The molecule has 1 aromatic rings. The van der Waals surface area contributed by atoms with E-state index in [2.05, 4.69) is 24.4 Å². The lowest BCUT2D eigenvalue weighted by atomic mass is 10.0. The first-order valence-electron chi connectivity index (χ1n) is 7.14. The third-order valence-electron chi connectivity index (χ3n) is 3.85. The number of amides is 1. The van der Waals surface area contributed by atoms with E-state index in [0.717, 1.165) is 19.3 Å². The van der Waals surface area contributed by atoms with Crippen LogP contribution in [0.1, 0.15) is 43.2 Å². The summed E-state index contributed by atoms with van der Waals surface area (Å²) in [6.07, 6.45) is 2.20. The van der Waals surface area contributed by atoms with Crippen LogP contribution in [0.15, 0.2) is 24.3 Å². The van der Waals surface area contributed by atoms with Gasteiger partial charge in [-0.2, -0.15) is 0 Å². The van der Waals surface area contributed by atoms with Gasteiger partial charge in [0.05, 0.1) is 6.10 Å². The van der Waals surface area contributed by atoms with Crippen LogP contribution in [0.2, 0.25) is 0 Å². The Balaban J connectivity index is 1.82. The van der Waals surface area contributed by atoms with Crippen LogP contribution in [-0.2, 0) is 4.79 Å². The molecule has 104 valence electrons. The highest BCUT2D eigenvalue weighted by molar-refractivity contribution is 5.83. The molecule has 2 rings (SSSR count). The van der Waals surface area contributed by atoms with Crippen LogP contribution in [0.25, 0.3) is 0 Å². The van der Waals surface area contributed by atoms with Crippen molar-refractivity contribution in [2.45, 2.75) is 45.1 Å². The Morgan fingerprint density at radius 1 is 1.47 bits per heavy atom. The normalized spacial score (nSPS) is 22.9. The predicted octanol–water partition coefficient (Wildman–Crippen LogP) is 2.38. The molecule has 0 radical (unpaired) electrons. The van der Waals surface area contributed by atoms with E-state index in [0.29, 0.717) is 12.5 Å². The van der Waals surface area contributed by atoms with E-state index in [9.17, 15) is 9.90 Å². The molecule has 0 saturated heterocycles. The first-order chi connectivity index (χ1) is 9.13. The molecule has 0 spiro atoms. The monoisotopic (exact) mass is 261 g/mol. The van der Waals surface area contributed by atoms with Gasteiger partial charge in [0.2, 0.25) is 5.91 Å².